The van der Waals surface area contributed by atoms with E-state index in [1.54, 1.807) is 0 Å². The number of rotatable bonds is 7. The van der Waals surface area contributed by atoms with Crippen LogP contribution in [-0.2, 0) is 25.6 Å². The topological polar surface area (TPSA) is 85.7 Å². The Bertz CT molecular complexity index is 1140. The Morgan fingerprint density at radius 2 is 1.69 bits per heavy atom. The number of nitrogens with zero attached hydrogens (tertiary/aromatic N) is 3. The van der Waals surface area contributed by atoms with Gasteiger partial charge in [-0.1, -0.05) is 95.2 Å². The van der Waals surface area contributed by atoms with Crippen LogP contribution in [0, 0.1) is 6.92 Å². The van der Waals surface area contributed by atoms with E-state index in [4.69, 9.17) is 18.9 Å². The number of hydrogen-bond donors (Lipinski definition) is 0. The van der Waals surface area contributed by atoms with Gasteiger partial charge in [-0.15, -0.1) is 0 Å². The van der Waals surface area contributed by atoms with E-state index in [0.29, 0.717) is 13.2 Å². The molecule has 6 atom stereocenters. The van der Waals surface area contributed by atoms with Crippen molar-refractivity contribution < 1.29 is 18.9 Å². The highest BCUT2D eigenvalue weighted by atomic mass is 32.2. The summed E-state index contributed by atoms with van der Waals surface area (Å²) in [5.41, 5.74) is 12.1. The molecule has 5 rings (SSSR count). The Balaban J connectivity index is 1.42. The van der Waals surface area contributed by atoms with E-state index >= 15 is 0 Å². The zero-order chi connectivity index (χ0) is 24.0. The summed E-state index contributed by atoms with van der Waals surface area (Å²) < 4.78 is 25.3. The van der Waals surface area contributed by atoms with Crippen molar-refractivity contribution >= 4 is 11.8 Å². The molecular formula is C27H27N3O4S. The van der Waals surface area contributed by atoms with Gasteiger partial charge in [0, 0.05) is 15.4 Å². The molecule has 2 saturated heterocycles. The average molecular weight is 490 g/mol. The van der Waals surface area contributed by atoms with Gasteiger partial charge in [-0.25, -0.2) is 0 Å². The standard InChI is InChI=1S/C27H27N3O4S/c1-18-12-14-21(15-13-18)35-27-23(29-30-28)25(31-16-19-8-4-2-5-9-19)24-22(33-27)17-32-26(34-24)20-10-6-3-7-11-20/h2-15,22-27H,16-17H2,1H3/t22-,23-,24-,25-,26?,27+/m1/s1. The van der Waals surface area contributed by atoms with E-state index in [1.165, 1.54) is 17.3 Å². The molecule has 2 aliphatic rings. The van der Waals surface area contributed by atoms with Gasteiger partial charge in [0.25, 0.3) is 0 Å². The molecule has 0 radical (unpaired) electrons. The van der Waals surface area contributed by atoms with Crippen molar-refractivity contribution in [3.8, 4) is 0 Å². The fraction of sp³-hybridized carbons (Fsp3) is 0.333. The normalized spacial score (nSPS) is 28.0. The molecule has 0 amide bonds. The van der Waals surface area contributed by atoms with Crippen molar-refractivity contribution in [1.29, 1.82) is 0 Å². The molecule has 2 aliphatic heterocycles. The van der Waals surface area contributed by atoms with E-state index < -0.39 is 30.0 Å². The largest absolute Gasteiger partial charge is 0.370 e. The molecule has 8 heteroatoms. The number of aryl methyl sites for hydroxylation is 1. The molecule has 2 fully saturated rings. The van der Waals surface area contributed by atoms with Crippen molar-refractivity contribution in [2.24, 2.45) is 5.11 Å². The molecular weight excluding hydrogens is 462 g/mol. The Morgan fingerprint density at radius 3 is 2.40 bits per heavy atom. The molecule has 0 aromatic heterocycles. The van der Waals surface area contributed by atoms with Crippen LogP contribution < -0.4 is 0 Å². The molecule has 180 valence electrons. The lowest BCUT2D eigenvalue weighted by Crippen LogP contribution is -2.61. The van der Waals surface area contributed by atoms with Crippen LogP contribution in [0.5, 0.6) is 0 Å². The smallest absolute Gasteiger partial charge is 0.184 e. The Hall–Kier alpha value is -2.84. The van der Waals surface area contributed by atoms with Gasteiger partial charge in [0.2, 0.25) is 0 Å². The highest BCUT2D eigenvalue weighted by Gasteiger charge is 2.50. The molecule has 0 bridgehead atoms. The van der Waals surface area contributed by atoms with E-state index in [9.17, 15) is 5.53 Å². The van der Waals surface area contributed by atoms with E-state index in [0.717, 1.165) is 16.0 Å². The maximum atomic E-state index is 9.44. The number of hydrogen-bond acceptors (Lipinski definition) is 6. The van der Waals surface area contributed by atoms with Crippen LogP contribution >= 0.6 is 11.8 Å². The first-order valence-corrected chi connectivity index (χ1v) is 12.5. The number of benzene rings is 3. The maximum Gasteiger partial charge on any atom is 0.184 e. The highest BCUT2D eigenvalue weighted by molar-refractivity contribution is 7.99. The summed E-state index contributed by atoms with van der Waals surface area (Å²) in [5, 5.41) is 4.15. The van der Waals surface area contributed by atoms with Crippen LogP contribution in [-0.4, -0.2) is 36.4 Å². The SMILES string of the molecule is Cc1ccc(S[C@@H]2O[C@@H]3COC(c4ccccc4)O[C@H]3[C@H](OCc3ccccc3)[C@H]2N=[N+]=[N-])cc1. The fourth-order valence-corrected chi connectivity index (χ4v) is 5.44. The van der Waals surface area contributed by atoms with Crippen LogP contribution in [0.15, 0.2) is 94.9 Å². The predicted molar refractivity (Wildman–Crippen MR) is 134 cm³/mol. The van der Waals surface area contributed by atoms with Gasteiger partial charge in [-0.3, -0.25) is 0 Å². The third kappa shape index (κ3) is 5.70. The van der Waals surface area contributed by atoms with Gasteiger partial charge < -0.3 is 18.9 Å². The summed E-state index contributed by atoms with van der Waals surface area (Å²) in [7, 11) is 0. The highest BCUT2D eigenvalue weighted by Crippen LogP contribution is 2.41. The van der Waals surface area contributed by atoms with Crippen molar-refractivity contribution in [2.45, 2.75) is 54.5 Å². The molecule has 2 heterocycles. The Morgan fingerprint density at radius 1 is 0.971 bits per heavy atom. The zero-order valence-electron chi connectivity index (χ0n) is 19.3. The Labute approximate surface area is 209 Å². The molecule has 0 spiro atoms. The lowest BCUT2D eigenvalue weighted by atomic mass is 9.97. The first kappa shape index (κ1) is 23.9. The molecule has 0 aliphatic carbocycles. The predicted octanol–water partition coefficient (Wildman–Crippen LogP) is 6.19. The summed E-state index contributed by atoms with van der Waals surface area (Å²) in [6.45, 7) is 2.77. The molecule has 3 aromatic carbocycles. The van der Waals surface area contributed by atoms with E-state index in [2.05, 4.69) is 22.2 Å². The summed E-state index contributed by atoms with van der Waals surface area (Å²) in [6, 6.07) is 27.3. The van der Waals surface area contributed by atoms with E-state index in [-0.39, 0.29) is 6.10 Å². The van der Waals surface area contributed by atoms with Gasteiger partial charge in [0.05, 0.1) is 19.3 Å². The first-order chi connectivity index (χ1) is 17.2. The Kier molecular flexibility index (Phi) is 7.69. The van der Waals surface area contributed by atoms with Gasteiger partial charge in [0.15, 0.2) is 6.29 Å². The minimum atomic E-state index is -0.592. The lowest BCUT2D eigenvalue weighted by Gasteiger charge is -2.48. The first-order valence-electron chi connectivity index (χ1n) is 11.6. The lowest BCUT2D eigenvalue weighted by molar-refractivity contribution is -0.311. The second-order valence-electron chi connectivity index (χ2n) is 8.61. The summed E-state index contributed by atoms with van der Waals surface area (Å²) in [6.07, 6.45) is -1.87. The second kappa shape index (κ2) is 11.3. The summed E-state index contributed by atoms with van der Waals surface area (Å²) in [4.78, 5) is 4.18. The van der Waals surface area contributed by atoms with Crippen molar-refractivity contribution in [1.82, 2.24) is 0 Å². The summed E-state index contributed by atoms with van der Waals surface area (Å²) >= 11 is 1.52. The quantitative estimate of drug-likeness (QED) is 0.224. The van der Waals surface area contributed by atoms with Crippen LogP contribution in [0.3, 0.4) is 0 Å². The number of fused-ring (bicyclic) bond motifs is 1. The molecule has 0 saturated carbocycles. The van der Waals surface area contributed by atoms with Gasteiger partial charge in [-0.2, -0.15) is 0 Å². The van der Waals surface area contributed by atoms with Crippen molar-refractivity contribution in [2.75, 3.05) is 6.61 Å². The third-order valence-electron chi connectivity index (χ3n) is 6.12. The van der Waals surface area contributed by atoms with Crippen LogP contribution in [0.1, 0.15) is 23.0 Å². The van der Waals surface area contributed by atoms with Gasteiger partial charge in [0.1, 0.15) is 23.7 Å². The third-order valence-corrected chi connectivity index (χ3v) is 7.29. The number of ether oxygens (including phenoxy) is 4. The second-order valence-corrected chi connectivity index (χ2v) is 9.78. The van der Waals surface area contributed by atoms with Gasteiger partial charge in [-0.05, 0) is 30.2 Å². The zero-order valence-corrected chi connectivity index (χ0v) is 20.2. The number of thioether (sulfide) groups is 1. The number of azide groups is 1. The minimum Gasteiger partial charge on any atom is -0.370 e. The van der Waals surface area contributed by atoms with Crippen LogP contribution in [0.2, 0.25) is 0 Å². The molecule has 1 unspecified atom stereocenters. The fourth-order valence-electron chi connectivity index (χ4n) is 4.33. The summed E-state index contributed by atoms with van der Waals surface area (Å²) in [5.74, 6) is 0. The molecule has 7 nitrogen and oxygen atoms in total. The molecule has 35 heavy (non-hydrogen) atoms. The van der Waals surface area contributed by atoms with Crippen molar-refractivity contribution in [3.05, 3.63) is 112 Å². The van der Waals surface area contributed by atoms with Crippen LogP contribution in [0.4, 0.5) is 0 Å². The maximum absolute atomic E-state index is 9.44. The van der Waals surface area contributed by atoms with Gasteiger partial charge >= 0.3 is 0 Å². The van der Waals surface area contributed by atoms with Crippen molar-refractivity contribution in [3.63, 3.8) is 0 Å². The molecule has 3 aromatic rings. The average Bonchev–Trinajstić information content (AvgIpc) is 2.90. The van der Waals surface area contributed by atoms with E-state index in [1.807, 2.05) is 79.7 Å². The van der Waals surface area contributed by atoms with Crippen LogP contribution in [0.25, 0.3) is 10.4 Å². The molecule has 0 N–H and O–H groups in total. The minimum absolute atomic E-state index is 0.351. The monoisotopic (exact) mass is 489 g/mol.